The van der Waals surface area contributed by atoms with Crippen LogP contribution in [0.3, 0.4) is 0 Å². The van der Waals surface area contributed by atoms with Gasteiger partial charge in [-0.25, -0.2) is 4.79 Å². The lowest BCUT2D eigenvalue weighted by Crippen LogP contribution is -2.07. The number of fused-ring (bicyclic) bond motifs is 2. The first kappa shape index (κ1) is 14.6. The average Bonchev–Trinajstić information content (AvgIpc) is 2.79. The normalized spacial score (nSPS) is 16.6. The van der Waals surface area contributed by atoms with Gasteiger partial charge < -0.3 is 9.47 Å². The van der Waals surface area contributed by atoms with Gasteiger partial charge in [0.1, 0.15) is 5.75 Å². The van der Waals surface area contributed by atoms with E-state index in [0.29, 0.717) is 25.0 Å². The van der Waals surface area contributed by atoms with E-state index in [2.05, 4.69) is 0 Å². The standard InChI is InChI=1S/C18H18O4/c1-3-22-13-4-5-14-11(9-13)8-12(18(20)21-2)10-16-15(14)6-7-17(16)19/h4-5,8-9H,3,6-7,10H2,1-2H3. The number of allylic oxidation sites excluding steroid dienone is 2. The smallest absolute Gasteiger partial charge is 0.334 e. The van der Waals surface area contributed by atoms with Crippen molar-refractivity contribution in [3.8, 4) is 5.75 Å². The minimum absolute atomic E-state index is 0.131. The van der Waals surface area contributed by atoms with Crippen molar-refractivity contribution in [2.45, 2.75) is 26.2 Å². The first-order valence-corrected chi connectivity index (χ1v) is 7.45. The highest BCUT2D eigenvalue weighted by atomic mass is 16.5. The summed E-state index contributed by atoms with van der Waals surface area (Å²) < 4.78 is 10.4. The number of rotatable bonds is 3. The Labute approximate surface area is 129 Å². The molecule has 0 saturated carbocycles. The maximum absolute atomic E-state index is 12.1. The minimum Gasteiger partial charge on any atom is -0.494 e. The Balaban J connectivity index is 2.16. The lowest BCUT2D eigenvalue weighted by Gasteiger charge is -2.10. The Bertz CT molecular complexity index is 710. The summed E-state index contributed by atoms with van der Waals surface area (Å²) in [5.41, 5.74) is 4.24. The quantitative estimate of drug-likeness (QED) is 0.804. The van der Waals surface area contributed by atoms with Crippen LogP contribution in [0.2, 0.25) is 0 Å². The molecule has 2 aliphatic rings. The summed E-state index contributed by atoms with van der Waals surface area (Å²) >= 11 is 0. The van der Waals surface area contributed by atoms with Gasteiger partial charge in [-0.05, 0) is 48.3 Å². The largest absolute Gasteiger partial charge is 0.494 e. The molecular weight excluding hydrogens is 280 g/mol. The second-order valence-corrected chi connectivity index (χ2v) is 5.40. The van der Waals surface area contributed by atoms with Crippen molar-refractivity contribution in [1.82, 2.24) is 0 Å². The zero-order valence-electron chi connectivity index (χ0n) is 12.8. The van der Waals surface area contributed by atoms with Gasteiger partial charge in [-0.3, -0.25) is 4.79 Å². The molecule has 4 heteroatoms. The van der Waals surface area contributed by atoms with Crippen LogP contribution in [0, 0.1) is 0 Å². The third-order valence-corrected chi connectivity index (χ3v) is 4.11. The summed E-state index contributed by atoms with van der Waals surface area (Å²) in [6.07, 6.45) is 3.41. The van der Waals surface area contributed by atoms with Crippen LogP contribution in [-0.4, -0.2) is 25.5 Å². The van der Waals surface area contributed by atoms with Crippen molar-refractivity contribution < 1.29 is 19.1 Å². The van der Waals surface area contributed by atoms with Gasteiger partial charge in [0, 0.05) is 24.0 Å². The molecular formula is C18H18O4. The Kier molecular flexibility index (Phi) is 3.84. The van der Waals surface area contributed by atoms with Crippen LogP contribution in [-0.2, 0) is 14.3 Å². The first-order valence-electron chi connectivity index (χ1n) is 7.45. The van der Waals surface area contributed by atoms with E-state index in [-0.39, 0.29) is 11.8 Å². The number of Topliss-reactive ketones (excluding diaryl/α,β-unsaturated/α-hetero) is 1. The van der Waals surface area contributed by atoms with Crippen molar-refractivity contribution in [3.05, 3.63) is 40.5 Å². The van der Waals surface area contributed by atoms with E-state index in [1.54, 1.807) is 0 Å². The molecule has 1 aromatic carbocycles. The molecule has 0 heterocycles. The summed E-state index contributed by atoms with van der Waals surface area (Å²) in [7, 11) is 1.36. The zero-order chi connectivity index (χ0) is 15.7. The molecule has 0 radical (unpaired) electrons. The maximum atomic E-state index is 12.1. The summed E-state index contributed by atoms with van der Waals surface area (Å²) in [5, 5.41) is 0. The number of methoxy groups -OCH3 is 1. The molecule has 22 heavy (non-hydrogen) atoms. The van der Waals surface area contributed by atoms with Gasteiger partial charge in [-0.1, -0.05) is 6.07 Å². The predicted molar refractivity (Wildman–Crippen MR) is 83.4 cm³/mol. The van der Waals surface area contributed by atoms with E-state index >= 15 is 0 Å². The summed E-state index contributed by atoms with van der Waals surface area (Å²) in [5.74, 6) is 0.503. The Morgan fingerprint density at radius 2 is 2.05 bits per heavy atom. The van der Waals surface area contributed by atoms with Gasteiger partial charge in [0.05, 0.1) is 13.7 Å². The molecule has 0 atom stereocenters. The lowest BCUT2D eigenvalue weighted by molar-refractivity contribution is -0.136. The van der Waals surface area contributed by atoms with Crippen LogP contribution in [0.15, 0.2) is 29.3 Å². The summed E-state index contributed by atoms with van der Waals surface area (Å²) in [6.45, 7) is 2.51. The summed E-state index contributed by atoms with van der Waals surface area (Å²) in [6, 6.07) is 5.80. The highest BCUT2D eigenvalue weighted by Crippen LogP contribution is 2.40. The van der Waals surface area contributed by atoms with E-state index in [1.807, 2.05) is 31.2 Å². The second kappa shape index (κ2) is 5.79. The monoisotopic (exact) mass is 298 g/mol. The molecule has 0 unspecified atom stereocenters. The number of carbonyl (C=O) groups excluding carboxylic acids is 2. The van der Waals surface area contributed by atoms with Crippen molar-refractivity contribution in [2.75, 3.05) is 13.7 Å². The second-order valence-electron chi connectivity index (χ2n) is 5.40. The molecule has 114 valence electrons. The Morgan fingerprint density at radius 3 is 2.77 bits per heavy atom. The van der Waals surface area contributed by atoms with Crippen molar-refractivity contribution in [1.29, 1.82) is 0 Å². The van der Waals surface area contributed by atoms with Crippen LogP contribution in [0.4, 0.5) is 0 Å². The molecule has 0 amide bonds. The zero-order valence-corrected chi connectivity index (χ0v) is 12.8. The third kappa shape index (κ3) is 2.45. The Morgan fingerprint density at radius 1 is 1.23 bits per heavy atom. The van der Waals surface area contributed by atoms with Gasteiger partial charge in [0.25, 0.3) is 0 Å². The fraction of sp³-hybridized carbons (Fsp3) is 0.333. The fourth-order valence-corrected chi connectivity index (χ4v) is 3.09. The summed E-state index contributed by atoms with van der Waals surface area (Å²) in [4.78, 5) is 24.1. The van der Waals surface area contributed by atoms with Crippen LogP contribution >= 0.6 is 0 Å². The molecule has 0 N–H and O–H groups in total. The lowest BCUT2D eigenvalue weighted by atomic mass is 9.98. The topological polar surface area (TPSA) is 52.6 Å². The highest BCUT2D eigenvalue weighted by molar-refractivity contribution is 6.11. The number of ketones is 1. The molecule has 1 aromatic rings. The molecule has 3 rings (SSSR count). The molecule has 0 spiro atoms. The van der Waals surface area contributed by atoms with E-state index in [9.17, 15) is 9.59 Å². The van der Waals surface area contributed by atoms with E-state index in [4.69, 9.17) is 9.47 Å². The van der Waals surface area contributed by atoms with Gasteiger partial charge in [0.2, 0.25) is 0 Å². The molecule has 0 aliphatic heterocycles. The van der Waals surface area contributed by atoms with Gasteiger partial charge in [-0.15, -0.1) is 0 Å². The molecule has 4 nitrogen and oxygen atoms in total. The van der Waals surface area contributed by atoms with Crippen LogP contribution in [0.25, 0.3) is 11.6 Å². The maximum Gasteiger partial charge on any atom is 0.334 e. The molecule has 0 bridgehead atoms. The van der Waals surface area contributed by atoms with E-state index < -0.39 is 0 Å². The average molecular weight is 298 g/mol. The fourth-order valence-electron chi connectivity index (χ4n) is 3.09. The van der Waals surface area contributed by atoms with Gasteiger partial charge in [-0.2, -0.15) is 0 Å². The number of hydrogen-bond acceptors (Lipinski definition) is 4. The van der Waals surface area contributed by atoms with Gasteiger partial charge >= 0.3 is 5.97 Å². The number of benzene rings is 1. The van der Waals surface area contributed by atoms with Crippen LogP contribution in [0.1, 0.15) is 37.3 Å². The molecule has 2 aliphatic carbocycles. The number of esters is 1. The van der Waals surface area contributed by atoms with Crippen molar-refractivity contribution >= 4 is 23.4 Å². The van der Waals surface area contributed by atoms with Gasteiger partial charge in [0.15, 0.2) is 5.78 Å². The Hall–Kier alpha value is -2.36. The minimum atomic E-state index is -0.388. The van der Waals surface area contributed by atoms with Crippen molar-refractivity contribution in [3.63, 3.8) is 0 Å². The van der Waals surface area contributed by atoms with Crippen LogP contribution < -0.4 is 4.74 Å². The SMILES string of the molecule is CCOc1ccc2c(c1)C=C(C(=O)OC)CC1=C2CCC1=O. The van der Waals surface area contributed by atoms with E-state index in [0.717, 1.165) is 34.4 Å². The molecule has 0 saturated heterocycles. The number of hydrogen-bond donors (Lipinski definition) is 0. The molecule has 0 aromatic heterocycles. The third-order valence-electron chi connectivity index (χ3n) is 4.11. The highest BCUT2D eigenvalue weighted by Gasteiger charge is 2.29. The van der Waals surface area contributed by atoms with E-state index in [1.165, 1.54) is 7.11 Å². The molecule has 0 fully saturated rings. The number of carbonyl (C=O) groups is 2. The first-order chi connectivity index (χ1) is 10.6. The van der Waals surface area contributed by atoms with Crippen molar-refractivity contribution in [2.24, 2.45) is 0 Å². The van der Waals surface area contributed by atoms with Crippen LogP contribution in [0.5, 0.6) is 5.75 Å². The number of ether oxygens (including phenoxy) is 2. The predicted octanol–water partition coefficient (Wildman–Crippen LogP) is 3.16.